The van der Waals surface area contributed by atoms with Crippen molar-refractivity contribution in [2.24, 2.45) is 5.73 Å². The minimum absolute atomic E-state index is 0. The highest BCUT2D eigenvalue weighted by Crippen LogP contribution is 2.33. The van der Waals surface area contributed by atoms with Gasteiger partial charge in [-0.3, -0.25) is 0 Å². The molecule has 1 heterocycles. The van der Waals surface area contributed by atoms with E-state index < -0.39 is 5.60 Å². The smallest absolute Gasteiger partial charge is 0.336 e. The van der Waals surface area contributed by atoms with Crippen LogP contribution in [-0.4, -0.2) is 16.7 Å². The van der Waals surface area contributed by atoms with Crippen LogP contribution >= 0.6 is 24.0 Å². The van der Waals surface area contributed by atoms with Gasteiger partial charge in [-0.25, -0.2) is 4.79 Å². The number of hydrogen-bond donors (Lipinski definition) is 2. The lowest BCUT2D eigenvalue weighted by Gasteiger charge is -2.34. The summed E-state index contributed by atoms with van der Waals surface area (Å²) in [6.45, 7) is 0. The normalized spacial score (nSPS) is 24.4. The van der Waals surface area contributed by atoms with Gasteiger partial charge in [0.25, 0.3) is 0 Å². The van der Waals surface area contributed by atoms with Gasteiger partial charge in [0.1, 0.15) is 5.58 Å². The van der Waals surface area contributed by atoms with Crippen LogP contribution in [0, 0.1) is 0 Å². The maximum atomic E-state index is 11.5. The summed E-state index contributed by atoms with van der Waals surface area (Å²) in [6.07, 6.45) is 4.38. The Hall–Kier alpha value is -1.07. The molecule has 1 aromatic heterocycles. The van der Waals surface area contributed by atoms with E-state index in [0.29, 0.717) is 23.4 Å². The highest BCUT2D eigenvalue weighted by Gasteiger charge is 2.31. The summed E-state index contributed by atoms with van der Waals surface area (Å²) >= 11 is 6.14. The van der Waals surface area contributed by atoms with Crippen molar-refractivity contribution in [3.05, 3.63) is 45.3 Å². The highest BCUT2D eigenvalue weighted by atomic mass is 35.5. The number of aryl methyl sites for hydroxylation is 1. The van der Waals surface area contributed by atoms with Gasteiger partial charge in [-0.05, 0) is 62.3 Å². The van der Waals surface area contributed by atoms with Gasteiger partial charge in [0.15, 0.2) is 0 Å². The molecule has 0 aliphatic heterocycles. The average Bonchev–Trinajstić information content (AvgIpc) is 2.49. The van der Waals surface area contributed by atoms with Gasteiger partial charge < -0.3 is 15.3 Å². The molecule has 2 aromatic rings. The third kappa shape index (κ3) is 4.27. The molecule has 1 saturated carbocycles. The predicted molar refractivity (Wildman–Crippen MR) is 94.5 cm³/mol. The Kier molecular flexibility index (Phi) is 5.74. The Morgan fingerprint density at radius 1 is 1.30 bits per heavy atom. The summed E-state index contributed by atoms with van der Waals surface area (Å²) in [6, 6.07) is 6.89. The molecule has 0 amide bonds. The molecule has 3 rings (SSSR count). The predicted octanol–water partition coefficient (Wildman–Crippen LogP) is 3.43. The van der Waals surface area contributed by atoms with E-state index >= 15 is 0 Å². The zero-order valence-electron chi connectivity index (χ0n) is 12.8. The van der Waals surface area contributed by atoms with Crippen molar-refractivity contribution in [2.45, 2.75) is 50.2 Å². The minimum Gasteiger partial charge on any atom is -0.422 e. The topological polar surface area (TPSA) is 76.5 Å². The van der Waals surface area contributed by atoms with E-state index in [0.717, 1.165) is 36.6 Å². The Bertz CT molecular complexity index is 736. The van der Waals surface area contributed by atoms with Crippen molar-refractivity contribution >= 4 is 35.0 Å². The molecule has 0 bridgehead atoms. The zero-order valence-corrected chi connectivity index (χ0v) is 14.3. The van der Waals surface area contributed by atoms with Crippen LogP contribution in [0.25, 0.3) is 11.0 Å². The summed E-state index contributed by atoms with van der Waals surface area (Å²) < 4.78 is 5.32. The molecule has 126 valence electrons. The van der Waals surface area contributed by atoms with Crippen LogP contribution in [0.3, 0.4) is 0 Å². The SMILES string of the molecule is Cl.NC1CCC(O)(CCc2cc(Cl)cc3ccc(=O)oc23)CC1. The molecule has 3 N–H and O–H groups in total. The van der Waals surface area contributed by atoms with Crippen LogP contribution in [-0.2, 0) is 6.42 Å². The van der Waals surface area contributed by atoms with Crippen LogP contribution in [0.5, 0.6) is 0 Å². The van der Waals surface area contributed by atoms with Gasteiger partial charge in [-0.1, -0.05) is 11.6 Å². The molecule has 1 aliphatic rings. The summed E-state index contributed by atoms with van der Waals surface area (Å²) in [5.41, 5.74) is 6.27. The van der Waals surface area contributed by atoms with E-state index in [1.165, 1.54) is 6.07 Å². The Labute approximate surface area is 146 Å². The van der Waals surface area contributed by atoms with Crippen molar-refractivity contribution in [3.8, 4) is 0 Å². The fourth-order valence-electron chi connectivity index (χ4n) is 3.19. The Morgan fingerprint density at radius 2 is 2.00 bits per heavy atom. The van der Waals surface area contributed by atoms with Crippen LogP contribution in [0.1, 0.15) is 37.7 Å². The first-order valence-corrected chi connectivity index (χ1v) is 8.03. The number of hydrogen-bond acceptors (Lipinski definition) is 4. The van der Waals surface area contributed by atoms with Crippen molar-refractivity contribution in [3.63, 3.8) is 0 Å². The van der Waals surface area contributed by atoms with Crippen molar-refractivity contribution in [1.29, 1.82) is 0 Å². The summed E-state index contributed by atoms with van der Waals surface area (Å²) in [7, 11) is 0. The van der Waals surface area contributed by atoms with Crippen LogP contribution < -0.4 is 11.4 Å². The first kappa shape index (κ1) is 18.3. The molecular weight excluding hydrogens is 337 g/mol. The van der Waals surface area contributed by atoms with E-state index in [4.69, 9.17) is 21.8 Å². The van der Waals surface area contributed by atoms with Gasteiger partial charge in [-0.15, -0.1) is 12.4 Å². The maximum Gasteiger partial charge on any atom is 0.336 e. The Morgan fingerprint density at radius 3 is 2.70 bits per heavy atom. The minimum atomic E-state index is -0.681. The van der Waals surface area contributed by atoms with E-state index in [1.54, 1.807) is 12.1 Å². The lowest BCUT2D eigenvalue weighted by Crippen LogP contribution is -2.39. The molecule has 0 unspecified atom stereocenters. The van der Waals surface area contributed by atoms with Crippen molar-refractivity contribution < 1.29 is 9.52 Å². The third-order valence-corrected chi connectivity index (χ3v) is 4.80. The molecule has 1 aliphatic carbocycles. The van der Waals surface area contributed by atoms with E-state index in [9.17, 15) is 9.90 Å². The van der Waals surface area contributed by atoms with Gasteiger partial charge in [-0.2, -0.15) is 0 Å². The third-order valence-electron chi connectivity index (χ3n) is 4.58. The number of fused-ring (bicyclic) bond motifs is 1. The van der Waals surface area contributed by atoms with E-state index in [2.05, 4.69) is 0 Å². The van der Waals surface area contributed by atoms with Gasteiger partial charge in [0.2, 0.25) is 0 Å². The molecule has 23 heavy (non-hydrogen) atoms. The summed E-state index contributed by atoms with van der Waals surface area (Å²) in [5, 5.41) is 12.1. The average molecular weight is 358 g/mol. The quantitative estimate of drug-likeness (QED) is 0.825. The second-order valence-corrected chi connectivity index (χ2v) is 6.74. The number of rotatable bonds is 3. The largest absolute Gasteiger partial charge is 0.422 e. The first-order chi connectivity index (χ1) is 10.5. The fourth-order valence-corrected chi connectivity index (χ4v) is 3.44. The second kappa shape index (κ2) is 7.22. The molecule has 0 radical (unpaired) electrons. The second-order valence-electron chi connectivity index (χ2n) is 6.30. The van der Waals surface area contributed by atoms with Gasteiger partial charge >= 0.3 is 5.63 Å². The number of aliphatic hydroxyl groups is 1. The number of nitrogens with two attached hydrogens (primary N) is 1. The highest BCUT2D eigenvalue weighted by molar-refractivity contribution is 6.31. The molecule has 0 saturated heterocycles. The lowest BCUT2D eigenvalue weighted by molar-refractivity contribution is -0.00747. The van der Waals surface area contributed by atoms with Crippen molar-refractivity contribution in [1.82, 2.24) is 0 Å². The summed E-state index contributed by atoms with van der Waals surface area (Å²) in [4.78, 5) is 11.5. The maximum absolute atomic E-state index is 11.5. The molecule has 6 heteroatoms. The Balaban J connectivity index is 0.00000192. The number of halogens is 2. The van der Waals surface area contributed by atoms with Crippen LogP contribution in [0.15, 0.2) is 33.5 Å². The standard InChI is InChI=1S/C17H20ClNO3.ClH/c18-13-9-11-1-2-15(20)22-16(11)12(10-13)3-6-17(21)7-4-14(19)5-8-17;/h1-2,9-10,14,21H,3-8,19H2;1H. The molecule has 0 atom stereocenters. The van der Waals surface area contributed by atoms with Crippen molar-refractivity contribution in [2.75, 3.05) is 0 Å². The molecule has 1 fully saturated rings. The fraction of sp³-hybridized carbons (Fsp3) is 0.471. The monoisotopic (exact) mass is 357 g/mol. The summed E-state index contributed by atoms with van der Waals surface area (Å²) in [5.74, 6) is 0. The van der Waals surface area contributed by atoms with Gasteiger partial charge in [0.05, 0.1) is 5.60 Å². The van der Waals surface area contributed by atoms with E-state index in [-0.39, 0.29) is 24.1 Å². The van der Waals surface area contributed by atoms with Crippen LogP contribution in [0.2, 0.25) is 5.02 Å². The molecule has 4 nitrogen and oxygen atoms in total. The first-order valence-electron chi connectivity index (χ1n) is 7.65. The number of benzene rings is 1. The molecule has 0 spiro atoms. The van der Waals surface area contributed by atoms with Gasteiger partial charge in [0, 0.05) is 22.5 Å². The molecular formula is C17H21Cl2NO3. The zero-order chi connectivity index (χ0) is 15.7. The lowest BCUT2D eigenvalue weighted by atomic mass is 9.79. The van der Waals surface area contributed by atoms with E-state index in [1.807, 2.05) is 6.07 Å². The van der Waals surface area contributed by atoms with Crippen LogP contribution in [0.4, 0.5) is 0 Å². The molecule has 1 aromatic carbocycles.